The van der Waals surface area contributed by atoms with Gasteiger partial charge >= 0.3 is 0 Å². The molecule has 0 aromatic heterocycles. The van der Waals surface area contributed by atoms with Crippen LogP contribution in [0.4, 0.5) is 0 Å². The van der Waals surface area contributed by atoms with Crippen molar-refractivity contribution < 1.29 is 0 Å². The van der Waals surface area contributed by atoms with Crippen molar-refractivity contribution in [2.75, 3.05) is 6.54 Å². The van der Waals surface area contributed by atoms with E-state index in [9.17, 15) is 0 Å². The van der Waals surface area contributed by atoms with Crippen molar-refractivity contribution in [3.8, 4) is 0 Å². The second-order valence-electron chi connectivity index (χ2n) is 3.29. The minimum atomic E-state index is 0.181. The van der Waals surface area contributed by atoms with Gasteiger partial charge in [-0.05, 0) is 12.8 Å². The van der Waals surface area contributed by atoms with E-state index >= 15 is 0 Å². The van der Waals surface area contributed by atoms with Crippen LogP contribution in [0.15, 0.2) is 17.6 Å². The minimum Gasteiger partial charge on any atom is -0.370 e. The van der Waals surface area contributed by atoms with E-state index in [4.69, 9.17) is 5.73 Å². The molecule has 0 aliphatic rings. The Morgan fingerprint density at radius 3 is 2.58 bits per heavy atom. The average molecular weight is 169 g/mol. The number of hydrogen-bond donors (Lipinski definition) is 2. The summed E-state index contributed by atoms with van der Waals surface area (Å²) in [5.74, 6) is 1.04. The lowest BCUT2D eigenvalue weighted by Gasteiger charge is -2.09. The normalized spacial score (nSPS) is 14.5. The predicted molar refractivity (Wildman–Crippen MR) is 54.1 cm³/mol. The summed E-state index contributed by atoms with van der Waals surface area (Å²) in [4.78, 5) is 4.15. The first-order valence-electron chi connectivity index (χ1n) is 4.25. The number of nitrogens with two attached hydrogens (primary N) is 1. The third-order valence-corrected chi connectivity index (χ3v) is 1.36. The fraction of sp³-hybridized carbons (Fsp3) is 0.667. The van der Waals surface area contributed by atoms with Crippen LogP contribution in [0.2, 0.25) is 0 Å². The van der Waals surface area contributed by atoms with E-state index in [2.05, 4.69) is 30.7 Å². The number of nitrogens with one attached hydrogen (secondary N) is 1. The molecule has 0 fully saturated rings. The summed E-state index contributed by atoms with van der Waals surface area (Å²) in [6.07, 6.45) is 1.79. The maximum Gasteiger partial charge on any atom is 0.189 e. The van der Waals surface area contributed by atoms with Crippen LogP contribution in [0.25, 0.3) is 0 Å². The van der Waals surface area contributed by atoms with Gasteiger partial charge in [0.1, 0.15) is 0 Å². The molecular weight excluding hydrogens is 150 g/mol. The molecule has 1 atom stereocenters. The summed E-state index contributed by atoms with van der Waals surface area (Å²) in [5.41, 5.74) is 5.59. The molecule has 0 aromatic rings. The van der Waals surface area contributed by atoms with Gasteiger partial charge in [-0.15, -0.1) is 6.58 Å². The Balaban J connectivity index is 3.77. The predicted octanol–water partition coefficient (Wildman–Crippen LogP) is 1.12. The van der Waals surface area contributed by atoms with Crippen LogP contribution in [0.5, 0.6) is 0 Å². The fourth-order valence-corrected chi connectivity index (χ4v) is 0.619. The van der Waals surface area contributed by atoms with Crippen molar-refractivity contribution in [1.29, 1.82) is 0 Å². The molecule has 0 heterocycles. The van der Waals surface area contributed by atoms with Crippen LogP contribution >= 0.6 is 0 Å². The van der Waals surface area contributed by atoms with E-state index in [0.717, 1.165) is 6.54 Å². The molecule has 70 valence electrons. The van der Waals surface area contributed by atoms with Crippen LogP contribution in [-0.4, -0.2) is 18.5 Å². The fourth-order valence-electron chi connectivity index (χ4n) is 0.619. The second-order valence-corrected chi connectivity index (χ2v) is 3.29. The van der Waals surface area contributed by atoms with Crippen LogP contribution in [0.3, 0.4) is 0 Å². The Morgan fingerprint density at radius 2 is 2.17 bits per heavy atom. The van der Waals surface area contributed by atoms with Gasteiger partial charge in [0.15, 0.2) is 5.96 Å². The molecule has 1 unspecified atom stereocenters. The zero-order valence-corrected chi connectivity index (χ0v) is 8.17. The zero-order valence-electron chi connectivity index (χ0n) is 8.17. The lowest BCUT2D eigenvalue weighted by molar-refractivity contribution is 0.659. The van der Waals surface area contributed by atoms with Crippen LogP contribution in [0.1, 0.15) is 20.8 Å². The highest BCUT2D eigenvalue weighted by Gasteiger charge is 1.96. The first-order valence-corrected chi connectivity index (χ1v) is 4.25. The first kappa shape index (κ1) is 11.0. The minimum absolute atomic E-state index is 0.181. The van der Waals surface area contributed by atoms with Gasteiger partial charge in [-0.3, -0.25) is 4.99 Å². The maximum atomic E-state index is 5.59. The number of rotatable bonds is 4. The van der Waals surface area contributed by atoms with Crippen molar-refractivity contribution in [3.63, 3.8) is 0 Å². The Labute approximate surface area is 74.8 Å². The monoisotopic (exact) mass is 169 g/mol. The van der Waals surface area contributed by atoms with E-state index in [1.165, 1.54) is 0 Å². The number of nitrogens with zero attached hydrogens (tertiary/aromatic N) is 1. The van der Waals surface area contributed by atoms with Crippen molar-refractivity contribution in [3.05, 3.63) is 12.7 Å². The third kappa shape index (κ3) is 5.77. The molecule has 0 saturated carbocycles. The largest absolute Gasteiger partial charge is 0.370 e. The van der Waals surface area contributed by atoms with Gasteiger partial charge in [0.25, 0.3) is 0 Å². The highest BCUT2D eigenvalue weighted by Crippen LogP contribution is 1.90. The molecule has 0 spiro atoms. The zero-order chi connectivity index (χ0) is 9.56. The third-order valence-electron chi connectivity index (χ3n) is 1.36. The molecule has 0 saturated heterocycles. The molecule has 3 N–H and O–H groups in total. The van der Waals surface area contributed by atoms with Crippen molar-refractivity contribution in [2.45, 2.75) is 26.8 Å². The van der Waals surface area contributed by atoms with E-state index < -0.39 is 0 Å². The van der Waals surface area contributed by atoms with Gasteiger partial charge in [-0.1, -0.05) is 19.9 Å². The van der Waals surface area contributed by atoms with Gasteiger partial charge in [-0.25, -0.2) is 0 Å². The summed E-state index contributed by atoms with van der Waals surface area (Å²) >= 11 is 0. The molecular formula is C9H19N3. The smallest absolute Gasteiger partial charge is 0.189 e. The second kappa shape index (κ2) is 5.63. The first-order chi connectivity index (χ1) is 5.56. The van der Waals surface area contributed by atoms with Crippen LogP contribution in [-0.2, 0) is 0 Å². The number of hydrogen-bond acceptors (Lipinski definition) is 1. The highest BCUT2D eigenvalue weighted by molar-refractivity contribution is 5.78. The van der Waals surface area contributed by atoms with E-state index in [0.29, 0.717) is 11.9 Å². The van der Waals surface area contributed by atoms with Gasteiger partial charge < -0.3 is 11.1 Å². The van der Waals surface area contributed by atoms with Crippen LogP contribution < -0.4 is 11.1 Å². The SMILES string of the molecule is C=CC(C)NC(N)=NCC(C)C. The van der Waals surface area contributed by atoms with Crippen molar-refractivity contribution >= 4 is 5.96 Å². The van der Waals surface area contributed by atoms with Gasteiger partial charge in [-0.2, -0.15) is 0 Å². The molecule has 0 bridgehead atoms. The lowest BCUT2D eigenvalue weighted by Crippen LogP contribution is -2.37. The Bertz CT molecular complexity index is 161. The quantitative estimate of drug-likeness (QED) is 0.376. The lowest BCUT2D eigenvalue weighted by atomic mass is 10.2. The number of guanidine groups is 1. The molecule has 12 heavy (non-hydrogen) atoms. The Hall–Kier alpha value is -0.990. The summed E-state index contributed by atoms with van der Waals surface area (Å²) in [7, 11) is 0. The summed E-state index contributed by atoms with van der Waals surface area (Å²) < 4.78 is 0. The van der Waals surface area contributed by atoms with E-state index in [1.54, 1.807) is 6.08 Å². The molecule has 3 heteroatoms. The molecule has 0 aromatic carbocycles. The standard InChI is InChI=1S/C9H19N3/c1-5-8(4)12-9(10)11-6-7(2)3/h5,7-8H,1,6H2,2-4H3,(H3,10,11,12). The van der Waals surface area contributed by atoms with Gasteiger partial charge in [0.2, 0.25) is 0 Å². The molecule has 0 radical (unpaired) electrons. The van der Waals surface area contributed by atoms with Gasteiger partial charge in [0.05, 0.1) is 0 Å². The van der Waals surface area contributed by atoms with Gasteiger partial charge in [0, 0.05) is 12.6 Å². The Kier molecular flexibility index (Phi) is 5.17. The topological polar surface area (TPSA) is 50.4 Å². The summed E-state index contributed by atoms with van der Waals surface area (Å²) in [5, 5.41) is 2.99. The molecule has 0 rings (SSSR count). The maximum absolute atomic E-state index is 5.59. The number of aliphatic imine (C=N–C) groups is 1. The van der Waals surface area contributed by atoms with E-state index in [1.807, 2.05) is 6.92 Å². The highest BCUT2D eigenvalue weighted by atomic mass is 15.1. The summed E-state index contributed by atoms with van der Waals surface area (Å²) in [6.45, 7) is 10.6. The molecule has 3 nitrogen and oxygen atoms in total. The average Bonchev–Trinajstić information content (AvgIpc) is 2.00. The molecule has 0 amide bonds. The van der Waals surface area contributed by atoms with Crippen molar-refractivity contribution in [1.82, 2.24) is 5.32 Å². The molecule has 0 aliphatic carbocycles. The summed E-state index contributed by atoms with van der Waals surface area (Å²) in [6, 6.07) is 0.181. The van der Waals surface area contributed by atoms with Crippen molar-refractivity contribution in [2.24, 2.45) is 16.6 Å². The van der Waals surface area contributed by atoms with E-state index in [-0.39, 0.29) is 6.04 Å². The molecule has 0 aliphatic heterocycles. The Morgan fingerprint density at radius 1 is 1.58 bits per heavy atom. The van der Waals surface area contributed by atoms with Crippen LogP contribution in [0, 0.1) is 5.92 Å².